The molecule has 0 aliphatic rings. The Kier molecular flexibility index (Phi) is 6.58. The maximum atomic E-state index is 10.9. The first-order valence-electron chi connectivity index (χ1n) is 6.16. The van der Waals surface area contributed by atoms with Gasteiger partial charge in [0, 0.05) is 10.0 Å². The minimum atomic E-state index is -1.20. The van der Waals surface area contributed by atoms with Crippen molar-refractivity contribution in [2.75, 3.05) is 6.54 Å². The molecule has 0 aliphatic carbocycles. The summed E-state index contributed by atoms with van der Waals surface area (Å²) >= 11 is 11.9. The molecule has 0 bridgehead atoms. The van der Waals surface area contributed by atoms with Gasteiger partial charge in [-0.1, -0.05) is 36.2 Å². The Hall–Kier alpha value is -1.66. The number of carbonyl (C=O) groups excluding carboxylic acids is 1. The molecule has 0 saturated heterocycles. The van der Waals surface area contributed by atoms with Crippen LogP contribution in [0.1, 0.15) is 12.5 Å². The lowest BCUT2D eigenvalue weighted by Crippen LogP contribution is -2.39. The van der Waals surface area contributed by atoms with Crippen LogP contribution in [0.4, 0.5) is 9.59 Å². The third-order valence-corrected chi connectivity index (χ3v) is 3.50. The number of nitrogens with one attached hydrogen (secondary N) is 1. The summed E-state index contributed by atoms with van der Waals surface area (Å²) < 4.78 is 4.94. The van der Waals surface area contributed by atoms with Crippen LogP contribution in [-0.2, 0) is 11.2 Å². The standard InChI is InChI=1S/C13H16Cl2N2O4/c1-7(4-8-2-3-9(14)5-10(8)15)11(21-12(16)18)6-17-13(19)20/h2-3,5,7,11,17H,4,6H2,1H3,(H2,16,18)(H,19,20). The highest BCUT2D eigenvalue weighted by atomic mass is 35.5. The fraction of sp³-hybridized carbons (Fsp3) is 0.385. The van der Waals surface area contributed by atoms with E-state index in [2.05, 4.69) is 5.32 Å². The molecule has 1 aromatic rings. The molecule has 21 heavy (non-hydrogen) atoms. The van der Waals surface area contributed by atoms with Crippen LogP contribution in [0.3, 0.4) is 0 Å². The van der Waals surface area contributed by atoms with Gasteiger partial charge in [-0.05, 0) is 30.0 Å². The largest absolute Gasteiger partial charge is 0.465 e. The number of rotatable bonds is 6. The summed E-state index contributed by atoms with van der Waals surface area (Å²) in [4.78, 5) is 21.4. The summed E-state index contributed by atoms with van der Waals surface area (Å²) in [6, 6.07) is 5.09. The van der Waals surface area contributed by atoms with Gasteiger partial charge < -0.3 is 20.9 Å². The molecule has 0 radical (unpaired) electrons. The normalized spacial score (nSPS) is 13.3. The Labute approximate surface area is 132 Å². The van der Waals surface area contributed by atoms with E-state index in [0.29, 0.717) is 16.5 Å². The highest BCUT2D eigenvalue weighted by Crippen LogP contribution is 2.24. The molecule has 0 saturated carbocycles. The molecule has 4 N–H and O–H groups in total. The number of hydrogen-bond donors (Lipinski definition) is 3. The van der Waals surface area contributed by atoms with Crippen LogP contribution in [0.25, 0.3) is 0 Å². The SMILES string of the molecule is CC(Cc1ccc(Cl)cc1Cl)C(CNC(=O)O)OC(N)=O. The molecule has 1 rings (SSSR count). The van der Waals surface area contributed by atoms with Crippen molar-refractivity contribution in [1.82, 2.24) is 5.32 Å². The van der Waals surface area contributed by atoms with Gasteiger partial charge in [0.1, 0.15) is 6.10 Å². The van der Waals surface area contributed by atoms with Gasteiger partial charge in [0.2, 0.25) is 0 Å². The molecule has 116 valence electrons. The van der Waals surface area contributed by atoms with Gasteiger partial charge in [0.05, 0.1) is 6.54 Å². The number of primary amides is 1. The zero-order chi connectivity index (χ0) is 16.0. The van der Waals surface area contributed by atoms with Crippen LogP contribution in [-0.4, -0.2) is 29.9 Å². The summed E-state index contributed by atoms with van der Waals surface area (Å²) in [5, 5.41) is 11.8. The molecule has 0 aliphatic heterocycles. The van der Waals surface area contributed by atoms with Crippen LogP contribution in [0.15, 0.2) is 18.2 Å². The van der Waals surface area contributed by atoms with Crippen LogP contribution in [0, 0.1) is 5.92 Å². The highest BCUT2D eigenvalue weighted by Gasteiger charge is 2.22. The molecule has 2 amide bonds. The molecule has 2 atom stereocenters. The smallest absolute Gasteiger partial charge is 0.404 e. The lowest BCUT2D eigenvalue weighted by atomic mass is 9.95. The fourth-order valence-corrected chi connectivity index (χ4v) is 2.35. The Morgan fingerprint density at radius 2 is 2.10 bits per heavy atom. The van der Waals surface area contributed by atoms with Gasteiger partial charge in [-0.3, -0.25) is 0 Å². The van der Waals surface area contributed by atoms with Crippen molar-refractivity contribution in [3.63, 3.8) is 0 Å². The third kappa shape index (κ3) is 6.10. The van der Waals surface area contributed by atoms with E-state index in [0.717, 1.165) is 5.56 Å². The molecular weight excluding hydrogens is 319 g/mol. The van der Waals surface area contributed by atoms with E-state index < -0.39 is 18.3 Å². The number of carboxylic acid groups (broad SMARTS) is 1. The quantitative estimate of drug-likeness (QED) is 0.744. The van der Waals surface area contributed by atoms with Crippen molar-refractivity contribution in [3.8, 4) is 0 Å². The monoisotopic (exact) mass is 334 g/mol. The number of amides is 2. The molecule has 2 unspecified atom stereocenters. The second-order valence-electron chi connectivity index (χ2n) is 4.58. The van der Waals surface area contributed by atoms with Crippen LogP contribution < -0.4 is 11.1 Å². The van der Waals surface area contributed by atoms with Crippen LogP contribution >= 0.6 is 23.2 Å². The molecular formula is C13H16Cl2N2O4. The summed E-state index contributed by atoms with van der Waals surface area (Å²) in [6.45, 7) is 1.76. The highest BCUT2D eigenvalue weighted by molar-refractivity contribution is 6.35. The summed E-state index contributed by atoms with van der Waals surface area (Å²) in [7, 11) is 0. The van der Waals surface area contributed by atoms with E-state index in [4.69, 9.17) is 38.8 Å². The predicted octanol–water partition coefficient (Wildman–Crippen LogP) is 2.90. The second kappa shape index (κ2) is 7.95. The topological polar surface area (TPSA) is 102 Å². The summed E-state index contributed by atoms with van der Waals surface area (Å²) in [5.74, 6) is -0.192. The van der Waals surface area contributed by atoms with Crippen molar-refractivity contribution in [2.24, 2.45) is 11.7 Å². The number of benzene rings is 1. The molecule has 0 spiro atoms. The summed E-state index contributed by atoms with van der Waals surface area (Å²) in [6.07, 6.45) is -2.37. The lowest BCUT2D eigenvalue weighted by molar-refractivity contribution is 0.0723. The van der Waals surface area contributed by atoms with Crippen LogP contribution in [0.2, 0.25) is 10.0 Å². The van der Waals surface area contributed by atoms with E-state index in [1.54, 1.807) is 18.2 Å². The van der Waals surface area contributed by atoms with Gasteiger partial charge in [0.15, 0.2) is 0 Å². The van der Waals surface area contributed by atoms with E-state index in [9.17, 15) is 9.59 Å². The average Bonchev–Trinajstić information content (AvgIpc) is 2.37. The Balaban J connectivity index is 2.76. The molecule has 6 nitrogen and oxygen atoms in total. The molecule has 0 heterocycles. The third-order valence-electron chi connectivity index (χ3n) is 2.91. The fourth-order valence-electron chi connectivity index (χ4n) is 1.86. The Morgan fingerprint density at radius 3 is 2.62 bits per heavy atom. The molecule has 1 aromatic carbocycles. The minimum absolute atomic E-state index is 0.0509. The average molecular weight is 335 g/mol. The molecule has 0 fully saturated rings. The van der Waals surface area contributed by atoms with Gasteiger partial charge >= 0.3 is 12.2 Å². The van der Waals surface area contributed by atoms with E-state index in [1.807, 2.05) is 6.92 Å². The zero-order valence-corrected chi connectivity index (χ0v) is 12.8. The summed E-state index contributed by atoms with van der Waals surface area (Å²) in [5.41, 5.74) is 5.82. The van der Waals surface area contributed by atoms with Crippen molar-refractivity contribution in [1.29, 1.82) is 0 Å². The lowest BCUT2D eigenvalue weighted by Gasteiger charge is -2.23. The first-order chi connectivity index (χ1) is 9.79. The number of hydrogen-bond acceptors (Lipinski definition) is 3. The number of halogens is 2. The van der Waals surface area contributed by atoms with E-state index in [-0.39, 0.29) is 12.5 Å². The maximum Gasteiger partial charge on any atom is 0.404 e. The first kappa shape index (κ1) is 17.4. The maximum absolute atomic E-state index is 10.9. The molecule has 8 heteroatoms. The number of nitrogens with two attached hydrogens (primary N) is 1. The Bertz CT molecular complexity index is 525. The van der Waals surface area contributed by atoms with Crippen molar-refractivity contribution < 1.29 is 19.4 Å². The van der Waals surface area contributed by atoms with E-state index in [1.165, 1.54) is 0 Å². The van der Waals surface area contributed by atoms with Crippen molar-refractivity contribution in [3.05, 3.63) is 33.8 Å². The number of ether oxygens (including phenoxy) is 1. The van der Waals surface area contributed by atoms with Gasteiger partial charge in [-0.15, -0.1) is 0 Å². The van der Waals surface area contributed by atoms with Gasteiger partial charge in [-0.25, -0.2) is 9.59 Å². The van der Waals surface area contributed by atoms with Crippen molar-refractivity contribution >= 4 is 35.4 Å². The minimum Gasteiger partial charge on any atom is -0.465 e. The van der Waals surface area contributed by atoms with Crippen LogP contribution in [0.5, 0.6) is 0 Å². The number of carbonyl (C=O) groups is 2. The zero-order valence-electron chi connectivity index (χ0n) is 11.3. The first-order valence-corrected chi connectivity index (χ1v) is 6.92. The van der Waals surface area contributed by atoms with Crippen molar-refractivity contribution in [2.45, 2.75) is 19.4 Å². The van der Waals surface area contributed by atoms with E-state index >= 15 is 0 Å². The van der Waals surface area contributed by atoms with Gasteiger partial charge in [-0.2, -0.15) is 0 Å². The second-order valence-corrected chi connectivity index (χ2v) is 5.42. The molecule has 0 aromatic heterocycles. The van der Waals surface area contributed by atoms with Gasteiger partial charge in [0.25, 0.3) is 0 Å². The Morgan fingerprint density at radius 1 is 1.43 bits per heavy atom. The predicted molar refractivity (Wildman–Crippen MR) is 79.8 cm³/mol.